The molecular weight excluding hydrogens is 361 g/mol. The minimum absolute atomic E-state index is 0.0102. The molecule has 2 aliphatic rings. The van der Waals surface area contributed by atoms with Crippen molar-refractivity contribution in [3.05, 3.63) is 28.2 Å². The van der Waals surface area contributed by atoms with Crippen molar-refractivity contribution >= 4 is 39.1 Å². The number of nitrogens with zero attached hydrogens (tertiary/aromatic N) is 2. The second-order valence-corrected chi connectivity index (χ2v) is 8.60. The third-order valence-corrected chi connectivity index (χ3v) is 7.15. The smallest absolute Gasteiger partial charge is 0.244 e. The SMILES string of the molecule is NC1(C(=O)N2CCN(S(=O)(=O)c3cccc(Cl)c3Cl)CC2)CC1. The lowest BCUT2D eigenvalue weighted by atomic mass is 10.2. The van der Waals surface area contributed by atoms with Gasteiger partial charge in [0, 0.05) is 26.2 Å². The van der Waals surface area contributed by atoms with Crippen molar-refractivity contribution in [2.45, 2.75) is 23.3 Å². The van der Waals surface area contributed by atoms with Crippen LogP contribution in [0.1, 0.15) is 12.8 Å². The Morgan fingerprint density at radius 1 is 1.13 bits per heavy atom. The first-order valence-corrected chi connectivity index (χ1v) is 9.48. The first-order valence-electron chi connectivity index (χ1n) is 7.28. The van der Waals surface area contributed by atoms with Crippen LogP contribution in [0, 0.1) is 0 Å². The highest BCUT2D eigenvalue weighted by Crippen LogP contribution is 2.35. The molecule has 1 aliphatic heterocycles. The van der Waals surface area contributed by atoms with E-state index in [2.05, 4.69) is 0 Å². The molecular formula is C14H17Cl2N3O3S. The molecule has 3 rings (SSSR count). The van der Waals surface area contributed by atoms with Gasteiger partial charge in [0.05, 0.1) is 15.6 Å². The predicted molar refractivity (Wildman–Crippen MR) is 88.0 cm³/mol. The largest absolute Gasteiger partial charge is 0.338 e. The zero-order chi connectivity index (χ0) is 16.8. The number of hydrogen-bond donors (Lipinski definition) is 1. The molecule has 1 aromatic carbocycles. The van der Waals surface area contributed by atoms with Gasteiger partial charge in [-0.2, -0.15) is 4.31 Å². The molecule has 0 spiro atoms. The number of halogens is 2. The van der Waals surface area contributed by atoms with Crippen molar-refractivity contribution in [3.8, 4) is 0 Å². The van der Waals surface area contributed by atoms with Crippen LogP contribution in [0.15, 0.2) is 23.1 Å². The third kappa shape index (κ3) is 3.08. The van der Waals surface area contributed by atoms with Crippen molar-refractivity contribution in [3.63, 3.8) is 0 Å². The summed E-state index contributed by atoms with van der Waals surface area (Å²) >= 11 is 11.9. The number of carbonyl (C=O) groups is 1. The summed E-state index contributed by atoms with van der Waals surface area (Å²) in [6.07, 6.45) is 1.39. The van der Waals surface area contributed by atoms with E-state index >= 15 is 0 Å². The van der Waals surface area contributed by atoms with Gasteiger partial charge >= 0.3 is 0 Å². The molecule has 1 saturated heterocycles. The van der Waals surface area contributed by atoms with Crippen LogP contribution < -0.4 is 5.73 Å². The number of benzene rings is 1. The minimum atomic E-state index is -3.74. The number of amides is 1. The number of rotatable bonds is 3. The average molecular weight is 378 g/mol. The van der Waals surface area contributed by atoms with Gasteiger partial charge in [0.15, 0.2) is 0 Å². The monoisotopic (exact) mass is 377 g/mol. The Kier molecular flexibility index (Phi) is 4.35. The lowest BCUT2D eigenvalue weighted by Crippen LogP contribution is -2.55. The fraction of sp³-hybridized carbons (Fsp3) is 0.500. The summed E-state index contributed by atoms with van der Waals surface area (Å²) in [4.78, 5) is 13.8. The normalized spacial score (nSPS) is 21.3. The first-order chi connectivity index (χ1) is 10.8. The Balaban J connectivity index is 1.74. The molecule has 1 heterocycles. The summed E-state index contributed by atoms with van der Waals surface area (Å²) in [6.45, 7) is 1.09. The van der Waals surface area contributed by atoms with Gasteiger partial charge in [-0.1, -0.05) is 29.3 Å². The number of piperazine rings is 1. The molecule has 0 bridgehead atoms. The molecule has 2 fully saturated rings. The van der Waals surface area contributed by atoms with E-state index in [1.54, 1.807) is 11.0 Å². The van der Waals surface area contributed by atoms with E-state index in [4.69, 9.17) is 28.9 Å². The summed E-state index contributed by atoms with van der Waals surface area (Å²) in [5.41, 5.74) is 5.19. The second-order valence-electron chi connectivity index (χ2n) is 5.90. The molecule has 1 aliphatic carbocycles. The van der Waals surface area contributed by atoms with Crippen LogP contribution in [0.2, 0.25) is 10.0 Å². The highest BCUT2D eigenvalue weighted by Gasteiger charge is 2.48. The van der Waals surface area contributed by atoms with Crippen molar-refractivity contribution in [2.75, 3.05) is 26.2 Å². The molecule has 1 aromatic rings. The summed E-state index contributed by atoms with van der Waals surface area (Å²) < 4.78 is 26.7. The van der Waals surface area contributed by atoms with Crippen LogP contribution in [0.3, 0.4) is 0 Å². The third-order valence-electron chi connectivity index (χ3n) is 4.27. The van der Waals surface area contributed by atoms with E-state index in [-0.39, 0.29) is 33.9 Å². The summed E-state index contributed by atoms with van der Waals surface area (Å²) in [5, 5.41) is 0.215. The van der Waals surface area contributed by atoms with E-state index in [0.29, 0.717) is 25.9 Å². The highest BCUT2D eigenvalue weighted by molar-refractivity contribution is 7.89. The Bertz CT molecular complexity index is 742. The number of sulfonamides is 1. The topological polar surface area (TPSA) is 83.7 Å². The predicted octanol–water partition coefficient (Wildman–Crippen LogP) is 1.32. The molecule has 2 N–H and O–H groups in total. The van der Waals surface area contributed by atoms with E-state index in [0.717, 1.165) is 0 Å². The molecule has 1 amide bonds. The lowest BCUT2D eigenvalue weighted by Gasteiger charge is -2.35. The van der Waals surface area contributed by atoms with Gasteiger partial charge in [-0.05, 0) is 25.0 Å². The van der Waals surface area contributed by atoms with Crippen molar-refractivity contribution in [2.24, 2.45) is 5.73 Å². The molecule has 1 saturated carbocycles. The van der Waals surface area contributed by atoms with Gasteiger partial charge in [0.1, 0.15) is 4.90 Å². The average Bonchev–Trinajstić information content (AvgIpc) is 3.28. The highest BCUT2D eigenvalue weighted by atomic mass is 35.5. The van der Waals surface area contributed by atoms with Crippen molar-refractivity contribution < 1.29 is 13.2 Å². The molecule has 0 atom stereocenters. The Morgan fingerprint density at radius 3 is 2.30 bits per heavy atom. The van der Waals surface area contributed by atoms with Crippen LogP contribution >= 0.6 is 23.2 Å². The van der Waals surface area contributed by atoms with E-state index < -0.39 is 15.6 Å². The maximum absolute atomic E-state index is 12.7. The van der Waals surface area contributed by atoms with E-state index in [1.165, 1.54) is 16.4 Å². The number of carbonyl (C=O) groups excluding carboxylic acids is 1. The van der Waals surface area contributed by atoms with Gasteiger partial charge in [-0.15, -0.1) is 0 Å². The lowest BCUT2D eigenvalue weighted by molar-refractivity contribution is -0.134. The Labute approximate surface area is 145 Å². The Morgan fingerprint density at radius 2 is 1.74 bits per heavy atom. The van der Waals surface area contributed by atoms with Crippen LogP contribution in [-0.4, -0.2) is 55.2 Å². The van der Waals surface area contributed by atoms with E-state index in [9.17, 15) is 13.2 Å². The van der Waals surface area contributed by atoms with Crippen molar-refractivity contribution in [1.82, 2.24) is 9.21 Å². The standard InChI is InChI=1S/C14H17Cl2N3O3S/c15-10-2-1-3-11(12(10)16)23(21,22)19-8-6-18(7-9-19)13(20)14(17)4-5-14/h1-3H,4-9,17H2. The number of nitrogens with two attached hydrogens (primary N) is 1. The van der Waals surface area contributed by atoms with Crippen LogP contribution in [-0.2, 0) is 14.8 Å². The van der Waals surface area contributed by atoms with Gasteiger partial charge in [-0.3, -0.25) is 4.79 Å². The fourth-order valence-electron chi connectivity index (χ4n) is 2.62. The quantitative estimate of drug-likeness (QED) is 0.860. The van der Waals surface area contributed by atoms with Gasteiger partial charge in [0.2, 0.25) is 15.9 Å². The maximum Gasteiger partial charge on any atom is 0.244 e. The summed E-state index contributed by atoms with van der Waals surface area (Å²) in [6, 6.07) is 4.52. The zero-order valence-electron chi connectivity index (χ0n) is 12.3. The van der Waals surface area contributed by atoms with Gasteiger partial charge in [-0.25, -0.2) is 8.42 Å². The molecule has 0 unspecified atom stereocenters. The maximum atomic E-state index is 12.7. The fourth-order valence-corrected chi connectivity index (χ4v) is 4.78. The summed E-state index contributed by atoms with van der Waals surface area (Å²) in [5.74, 6) is -0.0877. The molecule has 6 nitrogen and oxygen atoms in total. The molecule has 126 valence electrons. The molecule has 23 heavy (non-hydrogen) atoms. The van der Waals surface area contributed by atoms with Gasteiger partial charge < -0.3 is 10.6 Å². The first kappa shape index (κ1) is 17.0. The van der Waals surface area contributed by atoms with Crippen LogP contribution in [0.5, 0.6) is 0 Å². The Hall–Kier alpha value is -0.860. The van der Waals surface area contributed by atoms with E-state index in [1.807, 2.05) is 0 Å². The zero-order valence-corrected chi connectivity index (χ0v) is 14.7. The second kappa shape index (κ2) is 5.89. The minimum Gasteiger partial charge on any atom is -0.338 e. The van der Waals surface area contributed by atoms with Crippen LogP contribution in [0.4, 0.5) is 0 Å². The summed E-state index contributed by atoms with van der Waals surface area (Å²) in [7, 11) is -3.74. The molecule has 0 aromatic heterocycles. The van der Waals surface area contributed by atoms with Crippen LogP contribution in [0.25, 0.3) is 0 Å². The van der Waals surface area contributed by atoms with Gasteiger partial charge in [0.25, 0.3) is 0 Å². The number of hydrogen-bond acceptors (Lipinski definition) is 4. The molecule has 0 radical (unpaired) electrons. The molecule has 9 heteroatoms. The van der Waals surface area contributed by atoms with Crippen molar-refractivity contribution in [1.29, 1.82) is 0 Å².